The lowest BCUT2D eigenvalue weighted by molar-refractivity contribution is -0.134. The van der Waals surface area contributed by atoms with Crippen molar-refractivity contribution in [2.45, 2.75) is 0 Å². The van der Waals surface area contributed by atoms with Crippen LogP contribution in [0.25, 0.3) is 5.57 Å². The Hall–Kier alpha value is -1.82. The smallest absolute Gasteiger partial charge is 0.330 e. The second kappa shape index (κ2) is 8.46. The fourth-order valence-electron chi connectivity index (χ4n) is 1.41. The minimum Gasteiger partial charge on any atom is -0.466 e. The van der Waals surface area contributed by atoms with Crippen LogP contribution in [0.5, 0.6) is 0 Å². The zero-order valence-corrected chi connectivity index (χ0v) is 12.9. The number of esters is 1. The molecule has 0 spiro atoms. The van der Waals surface area contributed by atoms with Gasteiger partial charge < -0.3 is 4.74 Å². The van der Waals surface area contributed by atoms with Gasteiger partial charge in [-0.1, -0.05) is 35.3 Å². The van der Waals surface area contributed by atoms with Gasteiger partial charge in [0.15, 0.2) is 0 Å². The molecule has 0 heterocycles. The number of carbonyl (C=O) groups excluding carboxylic acids is 2. The average Bonchev–Trinajstić information content (AvgIpc) is 2.46. The zero-order chi connectivity index (χ0) is 15.8. The van der Waals surface area contributed by atoms with Crippen LogP contribution in [-0.2, 0) is 19.2 Å². The van der Waals surface area contributed by atoms with E-state index < -0.39 is 11.9 Å². The highest BCUT2D eigenvalue weighted by molar-refractivity contribution is 6.42. The largest absolute Gasteiger partial charge is 0.466 e. The fourth-order valence-corrected chi connectivity index (χ4v) is 1.70. The second-order valence-electron chi connectivity index (χ2n) is 3.73. The van der Waals surface area contributed by atoms with Gasteiger partial charge in [0.2, 0.25) is 0 Å². The van der Waals surface area contributed by atoms with Crippen molar-refractivity contribution in [2.75, 3.05) is 14.2 Å². The minimum absolute atomic E-state index is 0.246. The lowest BCUT2D eigenvalue weighted by atomic mass is 10.0. The number of hydroxylamine groups is 1. The molecule has 0 fully saturated rings. The molecule has 0 aliphatic rings. The van der Waals surface area contributed by atoms with Crippen molar-refractivity contribution in [3.05, 3.63) is 52.0 Å². The molecule has 0 atom stereocenters. The van der Waals surface area contributed by atoms with Crippen LogP contribution >= 0.6 is 23.2 Å². The van der Waals surface area contributed by atoms with Gasteiger partial charge in [-0.15, -0.1) is 0 Å². The number of hydrogen-bond donors (Lipinski definition) is 1. The van der Waals surface area contributed by atoms with Crippen LogP contribution in [0.15, 0.2) is 36.4 Å². The van der Waals surface area contributed by atoms with Crippen molar-refractivity contribution < 1.29 is 19.2 Å². The van der Waals surface area contributed by atoms with Gasteiger partial charge in [0.25, 0.3) is 5.91 Å². The summed E-state index contributed by atoms with van der Waals surface area (Å²) in [5.41, 5.74) is 2.96. The van der Waals surface area contributed by atoms with Crippen molar-refractivity contribution in [1.82, 2.24) is 5.48 Å². The number of ether oxygens (including phenoxy) is 1. The first-order valence-corrected chi connectivity index (χ1v) is 6.50. The molecule has 1 N–H and O–H groups in total. The Morgan fingerprint density at radius 1 is 1.19 bits per heavy atom. The first kappa shape index (κ1) is 17.2. The van der Waals surface area contributed by atoms with Crippen LogP contribution in [-0.4, -0.2) is 26.1 Å². The highest BCUT2D eigenvalue weighted by Crippen LogP contribution is 2.26. The van der Waals surface area contributed by atoms with Gasteiger partial charge in [0, 0.05) is 11.6 Å². The summed E-state index contributed by atoms with van der Waals surface area (Å²) in [5.74, 6) is -1.03. The summed E-state index contributed by atoms with van der Waals surface area (Å²) in [5, 5.41) is 0.680. The molecule has 1 amide bonds. The Kier molecular flexibility index (Phi) is 6.94. The molecule has 1 aromatic rings. The molecule has 0 radical (unpaired) electrons. The molecule has 0 aromatic heterocycles. The van der Waals surface area contributed by atoms with Gasteiger partial charge in [-0.2, -0.15) is 0 Å². The van der Waals surface area contributed by atoms with E-state index in [1.807, 2.05) is 0 Å². The summed E-state index contributed by atoms with van der Waals surface area (Å²) < 4.78 is 4.46. The molecule has 5 nitrogen and oxygen atoms in total. The molecule has 0 aliphatic heterocycles. The third-order valence-electron chi connectivity index (χ3n) is 2.37. The summed E-state index contributed by atoms with van der Waals surface area (Å²) in [4.78, 5) is 27.6. The molecule has 112 valence electrons. The predicted octanol–water partition coefficient (Wildman–Crippen LogP) is 2.78. The van der Waals surface area contributed by atoms with E-state index in [9.17, 15) is 9.59 Å². The highest BCUT2D eigenvalue weighted by Gasteiger charge is 2.12. The first-order chi connectivity index (χ1) is 9.99. The number of rotatable bonds is 5. The van der Waals surface area contributed by atoms with Crippen molar-refractivity contribution in [3.8, 4) is 0 Å². The number of benzene rings is 1. The molecule has 0 saturated heterocycles. The van der Waals surface area contributed by atoms with E-state index >= 15 is 0 Å². The molecule has 0 bridgehead atoms. The highest BCUT2D eigenvalue weighted by atomic mass is 35.5. The monoisotopic (exact) mass is 329 g/mol. The molecule has 1 aromatic carbocycles. The Morgan fingerprint density at radius 2 is 1.90 bits per heavy atom. The standard InChI is InChI=1S/C14H13Cl2NO4/c1-20-13(18)5-3-4-10(14(19)17-21-2)9-6-7-11(15)12(16)8-9/h3-8H,1-2H3,(H,17,19)/b5-3-,10-4+. The van der Waals surface area contributed by atoms with Crippen LogP contribution in [0, 0.1) is 0 Å². The third kappa shape index (κ3) is 5.23. The summed E-state index contributed by atoms with van der Waals surface area (Å²) in [7, 11) is 2.57. The van der Waals surface area contributed by atoms with Gasteiger partial charge >= 0.3 is 5.97 Å². The van der Waals surface area contributed by atoms with Crippen LogP contribution in [0.3, 0.4) is 0 Å². The van der Waals surface area contributed by atoms with Crippen LogP contribution in [0.4, 0.5) is 0 Å². The quantitative estimate of drug-likeness (QED) is 0.390. The summed E-state index contributed by atoms with van der Waals surface area (Å²) in [6, 6.07) is 4.73. The maximum Gasteiger partial charge on any atom is 0.330 e. The van der Waals surface area contributed by atoms with E-state index in [-0.39, 0.29) is 5.57 Å². The molecule has 0 aliphatic carbocycles. The Morgan fingerprint density at radius 3 is 2.48 bits per heavy atom. The summed E-state index contributed by atoms with van der Waals surface area (Å²) in [6.45, 7) is 0. The van der Waals surface area contributed by atoms with Gasteiger partial charge in [-0.05, 0) is 23.8 Å². The molecule has 1 rings (SSSR count). The first-order valence-electron chi connectivity index (χ1n) is 5.74. The SMILES string of the molecule is CONC(=O)/C(=C/C=C\C(=O)OC)c1ccc(Cl)c(Cl)c1. The van der Waals surface area contributed by atoms with Crippen LogP contribution in [0.1, 0.15) is 5.56 Å². The van der Waals surface area contributed by atoms with Crippen LogP contribution < -0.4 is 5.48 Å². The Bertz CT molecular complexity index is 597. The van der Waals surface area contributed by atoms with E-state index in [4.69, 9.17) is 23.2 Å². The molecule has 21 heavy (non-hydrogen) atoms. The number of hydrogen-bond acceptors (Lipinski definition) is 4. The number of methoxy groups -OCH3 is 1. The number of halogens is 2. The van der Waals surface area contributed by atoms with Crippen LogP contribution in [0.2, 0.25) is 10.0 Å². The van der Waals surface area contributed by atoms with E-state index in [2.05, 4.69) is 15.1 Å². The van der Waals surface area contributed by atoms with E-state index in [0.717, 1.165) is 0 Å². The van der Waals surface area contributed by atoms with E-state index in [1.54, 1.807) is 12.1 Å². The minimum atomic E-state index is -0.535. The predicted molar refractivity (Wildman–Crippen MR) is 80.7 cm³/mol. The molecule has 0 saturated carbocycles. The lowest BCUT2D eigenvalue weighted by Gasteiger charge is -2.08. The van der Waals surface area contributed by atoms with Crippen molar-refractivity contribution in [1.29, 1.82) is 0 Å². The molecular formula is C14H13Cl2NO4. The number of allylic oxidation sites excluding steroid dienone is 2. The van der Waals surface area contributed by atoms with E-state index in [1.165, 1.54) is 38.5 Å². The van der Waals surface area contributed by atoms with Crippen molar-refractivity contribution in [3.63, 3.8) is 0 Å². The number of carbonyl (C=O) groups is 2. The Balaban J connectivity index is 3.15. The average molecular weight is 330 g/mol. The molecule has 0 unspecified atom stereocenters. The third-order valence-corrected chi connectivity index (χ3v) is 3.11. The van der Waals surface area contributed by atoms with Crippen molar-refractivity contribution >= 4 is 40.7 Å². The van der Waals surface area contributed by atoms with Gasteiger partial charge in [0.1, 0.15) is 0 Å². The van der Waals surface area contributed by atoms with Gasteiger partial charge in [0.05, 0.1) is 24.3 Å². The van der Waals surface area contributed by atoms with E-state index in [0.29, 0.717) is 15.6 Å². The Labute approximate surface area is 132 Å². The fraction of sp³-hybridized carbons (Fsp3) is 0.143. The zero-order valence-electron chi connectivity index (χ0n) is 11.4. The maximum absolute atomic E-state index is 12.0. The number of amides is 1. The van der Waals surface area contributed by atoms with Gasteiger partial charge in [-0.25, -0.2) is 10.3 Å². The van der Waals surface area contributed by atoms with Crippen molar-refractivity contribution in [2.24, 2.45) is 0 Å². The number of nitrogens with one attached hydrogen (secondary N) is 1. The molecule has 7 heteroatoms. The second-order valence-corrected chi connectivity index (χ2v) is 4.54. The van der Waals surface area contributed by atoms with Gasteiger partial charge in [-0.3, -0.25) is 9.63 Å². The summed E-state index contributed by atoms with van der Waals surface area (Å²) in [6.07, 6.45) is 4.00. The molecular weight excluding hydrogens is 317 g/mol. The normalized spacial score (nSPS) is 11.5. The maximum atomic E-state index is 12.0. The topological polar surface area (TPSA) is 64.6 Å². The lowest BCUT2D eigenvalue weighted by Crippen LogP contribution is -2.22. The summed E-state index contributed by atoms with van der Waals surface area (Å²) >= 11 is 11.8.